The summed E-state index contributed by atoms with van der Waals surface area (Å²) < 4.78 is 0. The average Bonchev–Trinajstić information content (AvgIpc) is 2.05. The molecule has 3 heteroatoms. The Hall–Kier alpha value is -0.120. The van der Waals surface area contributed by atoms with Crippen LogP contribution in [0.25, 0.3) is 0 Å². The highest BCUT2D eigenvalue weighted by Crippen LogP contribution is 2.31. The molecule has 16 heavy (non-hydrogen) atoms. The molecule has 0 aliphatic carbocycles. The van der Waals surface area contributed by atoms with Gasteiger partial charge in [0.2, 0.25) is 0 Å². The molecule has 0 amide bonds. The van der Waals surface area contributed by atoms with Gasteiger partial charge in [0.1, 0.15) is 0 Å². The van der Waals surface area contributed by atoms with Gasteiger partial charge in [-0.1, -0.05) is 20.8 Å². The average molecular weight is 228 g/mol. The Bertz CT molecular complexity index is 221. The van der Waals surface area contributed by atoms with Gasteiger partial charge in [0.25, 0.3) is 0 Å². The number of piperidine rings is 1. The fourth-order valence-electron chi connectivity index (χ4n) is 2.95. The molecule has 0 aromatic carbocycles. The molecule has 1 rings (SSSR count). The monoisotopic (exact) mass is 228 g/mol. The minimum atomic E-state index is -0.475. The van der Waals surface area contributed by atoms with E-state index < -0.39 is 5.60 Å². The number of nitrogens with zero attached hydrogens (tertiary/aromatic N) is 1. The molecule has 2 atom stereocenters. The molecule has 3 N–H and O–H groups in total. The van der Waals surface area contributed by atoms with Crippen LogP contribution in [-0.2, 0) is 0 Å². The SMILES string of the molecule is CC(N)C(N1CCC(C)(O)CC1)C(C)(C)C. The van der Waals surface area contributed by atoms with Crippen LogP contribution in [0.5, 0.6) is 0 Å². The third-order valence-electron chi connectivity index (χ3n) is 3.65. The molecular weight excluding hydrogens is 200 g/mol. The number of likely N-dealkylation sites (tertiary alicyclic amines) is 1. The highest BCUT2D eigenvalue weighted by atomic mass is 16.3. The van der Waals surface area contributed by atoms with Gasteiger partial charge in [-0.3, -0.25) is 4.90 Å². The highest BCUT2D eigenvalue weighted by molar-refractivity contribution is 4.93. The van der Waals surface area contributed by atoms with Crippen molar-refractivity contribution < 1.29 is 5.11 Å². The van der Waals surface area contributed by atoms with Gasteiger partial charge >= 0.3 is 0 Å². The fourth-order valence-corrected chi connectivity index (χ4v) is 2.95. The van der Waals surface area contributed by atoms with Crippen molar-refractivity contribution in [3.8, 4) is 0 Å². The molecule has 0 spiro atoms. The summed E-state index contributed by atoms with van der Waals surface area (Å²) in [5.41, 5.74) is 5.83. The summed E-state index contributed by atoms with van der Waals surface area (Å²) in [5, 5.41) is 9.96. The number of nitrogens with two attached hydrogens (primary N) is 1. The van der Waals surface area contributed by atoms with Crippen molar-refractivity contribution in [1.29, 1.82) is 0 Å². The topological polar surface area (TPSA) is 49.5 Å². The molecule has 3 nitrogen and oxygen atoms in total. The first kappa shape index (κ1) is 13.9. The zero-order valence-electron chi connectivity index (χ0n) is 11.5. The first-order valence-corrected chi connectivity index (χ1v) is 6.35. The van der Waals surface area contributed by atoms with Crippen LogP contribution in [0.15, 0.2) is 0 Å². The van der Waals surface area contributed by atoms with E-state index in [4.69, 9.17) is 5.73 Å². The number of aliphatic hydroxyl groups is 1. The van der Waals surface area contributed by atoms with Crippen LogP contribution in [0.1, 0.15) is 47.5 Å². The van der Waals surface area contributed by atoms with Crippen LogP contribution in [0.3, 0.4) is 0 Å². The first-order valence-electron chi connectivity index (χ1n) is 6.35. The van der Waals surface area contributed by atoms with Crippen LogP contribution >= 0.6 is 0 Å². The van der Waals surface area contributed by atoms with Crippen LogP contribution in [0.4, 0.5) is 0 Å². The maximum absolute atomic E-state index is 9.96. The Morgan fingerprint density at radius 2 is 1.69 bits per heavy atom. The lowest BCUT2D eigenvalue weighted by molar-refractivity contribution is -0.0359. The first-order chi connectivity index (χ1) is 7.13. The normalized spacial score (nSPS) is 26.4. The lowest BCUT2D eigenvalue weighted by Gasteiger charge is -2.47. The van der Waals surface area contributed by atoms with E-state index in [9.17, 15) is 5.11 Å². The van der Waals surface area contributed by atoms with Crippen LogP contribution in [0, 0.1) is 5.41 Å². The van der Waals surface area contributed by atoms with Gasteiger partial charge in [0.05, 0.1) is 5.60 Å². The van der Waals surface area contributed by atoms with Gasteiger partial charge in [-0.05, 0) is 32.1 Å². The molecule has 2 unspecified atom stereocenters. The molecule has 96 valence electrons. The molecule has 0 radical (unpaired) electrons. The second kappa shape index (κ2) is 4.63. The van der Waals surface area contributed by atoms with E-state index in [-0.39, 0.29) is 11.5 Å². The van der Waals surface area contributed by atoms with E-state index in [0.29, 0.717) is 6.04 Å². The van der Waals surface area contributed by atoms with Crippen LogP contribution < -0.4 is 5.73 Å². The van der Waals surface area contributed by atoms with E-state index in [1.165, 1.54) is 0 Å². The van der Waals surface area contributed by atoms with Crippen LogP contribution in [0.2, 0.25) is 0 Å². The van der Waals surface area contributed by atoms with Crippen molar-refractivity contribution in [2.75, 3.05) is 13.1 Å². The molecule has 1 saturated heterocycles. The van der Waals surface area contributed by atoms with Gasteiger partial charge in [0.15, 0.2) is 0 Å². The van der Waals surface area contributed by atoms with Gasteiger partial charge in [-0.2, -0.15) is 0 Å². The lowest BCUT2D eigenvalue weighted by Crippen LogP contribution is -2.57. The summed E-state index contributed by atoms with van der Waals surface area (Å²) in [6, 6.07) is 0.562. The Morgan fingerprint density at radius 3 is 2.00 bits per heavy atom. The van der Waals surface area contributed by atoms with Crippen molar-refractivity contribution in [2.24, 2.45) is 11.1 Å². The Labute approximate surface area is 100 Å². The summed E-state index contributed by atoms with van der Waals surface area (Å²) in [5.74, 6) is 0. The minimum Gasteiger partial charge on any atom is -0.390 e. The van der Waals surface area contributed by atoms with Crippen molar-refractivity contribution >= 4 is 0 Å². The van der Waals surface area contributed by atoms with E-state index >= 15 is 0 Å². The third kappa shape index (κ3) is 3.44. The van der Waals surface area contributed by atoms with Crippen molar-refractivity contribution in [3.05, 3.63) is 0 Å². The molecule has 1 aliphatic heterocycles. The van der Waals surface area contributed by atoms with Crippen molar-refractivity contribution in [1.82, 2.24) is 4.90 Å². The third-order valence-corrected chi connectivity index (χ3v) is 3.65. The maximum Gasteiger partial charge on any atom is 0.0644 e. The Morgan fingerprint density at radius 1 is 1.25 bits per heavy atom. The number of hydrogen-bond acceptors (Lipinski definition) is 3. The van der Waals surface area contributed by atoms with E-state index in [0.717, 1.165) is 25.9 Å². The second-order valence-electron chi connectivity index (χ2n) is 6.70. The van der Waals surface area contributed by atoms with E-state index in [1.54, 1.807) is 0 Å². The summed E-state index contributed by atoms with van der Waals surface area (Å²) in [6.45, 7) is 12.7. The largest absolute Gasteiger partial charge is 0.390 e. The summed E-state index contributed by atoms with van der Waals surface area (Å²) in [6.07, 6.45) is 1.71. The maximum atomic E-state index is 9.96. The van der Waals surface area contributed by atoms with Crippen molar-refractivity contribution in [2.45, 2.75) is 65.1 Å². The Kier molecular flexibility index (Phi) is 4.04. The predicted molar refractivity (Wildman–Crippen MR) is 68.3 cm³/mol. The van der Waals surface area contributed by atoms with Gasteiger partial charge < -0.3 is 10.8 Å². The quantitative estimate of drug-likeness (QED) is 0.754. The van der Waals surface area contributed by atoms with E-state index in [2.05, 4.69) is 32.6 Å². The summed E-state index contributed by atoms with van der Waals surface area (Å²) in [7, 11) is 0. The number of hydrogen-bond donors (Lipinski definition) is 2. The molecule has 0 aromatic rings. The standard InChI is InChI=1S/C13H28N2O/c1-10(14)11(12(2,3)4)15-8-6-13(5,16)7-9-15/h10-11,16H,6-9,14H2,1-5H3. The molecule has 1 aliphatic rings. The van der Waals surface area contributed by atoms with E-state index in [1.807, 2.05) is 6.92 Å². The summed E-state index contributed by atoms with van der Waals surface area (Å²) >= 11 is 0. The zero-order chi connectivity index (χ0) is 12.6. The van der Waals surface area contributed by atoms with Crippen molar-refractivity contribution in [3.63, 3.8) is 0 Å². The van der Waals surface area contributed by atoms with Gasteiger partial charge in [-0.15, -0.1) is 0 Å². The minimum absolute atomic E-state index is 0.169. The van der Waals surface area contributed by atoms with Gasteiger partial charge in [-0.25, -0.2) is 0 Å². The number of rotatable bonds is 2. The fraction of sp³-hybridized carbons (Fsp3) is 1.00. The highest BCUT2D eigenvalue weighted by Gasteiger charge is 2.37. The molecule has 1 heterocycles. The molecular formula is C13H28N2O. The lowest BCUT2D eigenvalue weighted by atomic mass is 9.80. The molecule has 0 bridgehead atoms. The molecule has 0 aromatic heterocycles. The Balaban J connectivity index is 2.69. The van der Waals surface area contributed by atoms with Gasteiger partial charge in [0, 0.05) is 25.2 Å². The predicted octanol–water partition coefficient (Wildman–Crippen LogP) is 1.60. The molecule has 1 fully saturated rings. The second-order valence-corrected chi connectivity index (χ2v) is 6.70. The molecule has 0 saturated carbocycles. The zero-order valence-corrected chi connectivity index (χ0v) is 11.5. The van der Waals surface area contributed by atoms with Crippen LogP contribution in [-0.4, -0.2) is 40.8 Å². The summed E-state index contributed by atoms with van der Waals surface area (Å²) in [4.78, 5) is 2.45. The smallest absolute Gasteiger partial charge is 0.0644 e.